The summed E-state index contributed by atoms with van der Waals surface area (Å²) in [4.78, 5) is 24.9. The molecule has 0 spiro atoms. The van der Waals surface area contributed by atoms with Crippen molar-refractivity contribution < 1.29 is 23.5 Å². The average Bonchev–Trinajstić information content (AvgIpc) is 3.42. The Labute approximate surface area is 240 Å². The van der Waals surface area contributed by atoms with Gasteiger partial charge in [0.05, 0.1) is 22.7 Å². The van der Waals surface area contributed by atoms with E-state index < -0.39 is 17.6 Å². The number of carbonyl (C=O) groups excluding carboxylic acids is 1. The molecule has 5 aromatic carbocycles. The van der Waals surface area contributed by atoms with E-state index in [4.69, 9.17) is 5.11 Å². The minimum Gasteiger partial charge on any atom is -0.478 e. The second kappa shape index (κ2) is 10.9. The number of hydrogen-bond acceptors (Lipinski definition) is 2. The molecule has 0 aliphatic rings. The van der Waals surface area contributed by atoms with E-state index in [1.165, 1.54) is 24.3 Å². The second-order valence-corrected chi connectivity index (χ2v) is 10.3. The summed E-state index contributed by atoms with van der Waals surface area (Å²) in [6.07, 6.45) is 1.92. The van der Waals surface area contributed by atoms with E-state index in [0.717, 1.165) is 33.4 Å². The van der Waals surface area contributed by atoms with Crippen LogP contribution < -0.4 is 5.32 Å². The van der Waals surface area contributed by atoms with Crippen LogP contribution in [0.5, 0.6) is 0 Å². The zero-order valence-electron chi connectivity index (χ0n) is 22.6. The number of halogens is 2. The summed E-state index contributed by atoms with van der Waals surface area (Å²) in [6, 6.07) is 29.2. The fourth-order valence-electron chi connectivity index (χ4n) is 5.36. The molecule has 0 unspecified atom stereocenters. The first kappa shape index (κ1) is 26.9. The van der Waals surface area contributed by atoms with Gasteiger partial charge >= 0.3 is 5.97 Å². The molecule has 6 aromatic rings. The molecular formula is C35H26F2N2O3. The van der Waals surface area contributed by atoms with Gasteiger partial charge in [0, 0.05) is 24.2 Å². The number of rotatable bonds is 7. The SMILES string of the molecule is C[C@H](c1ccc2ccccc2c1)n1ccc2cc(-c3cc(F)cc(F)c3)cc(C(=O)NCc3ccc(C(=O)O)cc3)c21. The van der Waals surface area contributed by atoms with E-state index in [-0.39, 0.29) is 24.1 Å². The Morgan fingerprint density at radius 2 is 1.48 bits per heavy atom. The fraction of sp³-hybridized carbons (Fsp3) is 0.0857. The van der Waals surface area contributed by atoms with E-state index in [0.29, 0.717) is 22.2 Å². The molecule has 208 valence electrons. The predicted molar refractivity (Wildman–Crippen MR) is 160 cm³/mol. The first-order valence-corrected chi connectivity index (χ1v) is 13.5. The zero-order chi connectivity index (χ0) is 29.4. The molecule has 6 rings (SSSR count). The minimum absolute atomic E-state index is 0.125. The van der Waals surface area contributed by atoms with Gasteiger partial charge in [0.2, 0.25) is 0 Å². The quantitative estimate of drug-likeness (QED) is 0.208. The van der Waals surface area contributed by atoms with Crippen molar-refractivity contribution in [2.45, 2.75) is 19.5 Å². The number of hydrogen-bond donors (Lipinski definition) is 2. The van der Waals surface area contributed by atoms with E-state index in [1.54, 1.807) is 18.2 Å². The van der Waals surface area contributed by atoms with Gasteiger partial charge in [0.25, 0.3) is 5.91 Å². The van der Waals surface area contributed by atoms with Crippen LogP contribution in [0.15, 0.2) is 109 Å². The Kier molecular flexibility index (Phi) is 7.00. The van der Waals surface area contributed by atoms with Gasteiger partial charge in [-0.2, -0.15) is 0 Å². The van der Waals surface area contributed by atoms with Gasteiger partial charge in [-0.15, -0.1) is 0 Å². The maximum atomic E-state index is 14.1. The Balaban J connectivity index is 1.42. The number of carboxylic acids is 1. The van der Waals surface area contributed by atoms with Gasteiger partial charge in [-0.05, 0) is 88.5 Å². The predicted octanol–water partition coefficient (Wildman–Crippen LogP) is 7.98. The Morgan fingerprint density at radius 3 is 2.19 bits per heavy atom. The summed E-state index contributed by atoms with van der Waals surface area (Å²) < 4.78 is 30.3. The summed E-state index contributed by atoms with van der Waals surface area (Å²) in [5.41, 5.74) is 3.82. The third-order valence-corrected chi connectivity index (χ3v) is 7.58. The van der Waals surface area contributed by atoms with Gasteiger partial charge in [0.1, 0.15) is 11.6 Å². The Bertz CT molecular complexity index is 1960. The maximum Gasteiger partial charge on any atom is 0.335 e. The number of aromatic carboxylic acids is 1. The number of amides is 1. The van der Waals surface area contributed by atoms with Crippen molar-refractivity contribution in [3.63, 3.8) is 0 Å². The van der Waals surface area contributed by atoms with E-state index >= 15 is 0 Å². The van der Waals surface area contributed by atoms with Crippen LogP contribution in [0.2, 0.25) is 0 Å². The van der Waals surface area contributed by atoms with Crippen molar-refractivity contribution >= 4 is 33.6 Å². The molecule has 0 aliphatic heterocycles. The van der Waals surface area contributed by atoms with Crippen molar-refractivity contribution in [2.75, 3.05) is 0 Å². The zero-order valence-corrected chi connectivity index (χ0v) is 22.6. The highest BCUT2D eigenvalue weighted by atomic mass is 19.1. The van der Waals surface area contributed by atoms with Crippen LogP contribution in [0.3, 0.4) is 0 Å². The number of carboxylic acid groups (broad SMARTS) is 1. The highest BCUT2D eigenvalue weighted by Gasteiger charge is 2.20. The third kappa shape index (κ3) is 5.24. The summed E-state index contributed by atoms with van der Waals surface area (Å²) in [5, 5.41) is 15.1. The monoisotopic (exact) mass is 560 g/mol. The molecule has 1 amide bonds. The topological polar surface area (TPSA) is 71.3 Å². The molecular weight excluding hydrogens is 534 g/mol. The highest BCUT2D eigenvalue weighted by Crippen LogP contribution is 2.33. The lowest BCUT2D eigenvalue weighted by Crippen LogP contribution is -2.24. The van der Waals surface area contributed by atoms with Crippen molar-refractivity contribution in [3.05, 3.63) is 143 Å². The first-order valence-electron chi connectivity index (χ1n) is 13.5. The minimum atomic E-state index is -1.03. The van der Waals surface area contributed by atoms with Crippen LogP contribution >= 0.6 is 0 Å². The van der Waals surface area contributed by atoms with Gasteiger partial charge in [-0.25, -0.2) is 13.6 Å². The van der Waals surface area contributed by atoms with Crippen LogP contribution in [0.25, 0.3) is 32.8 Å². The average molecular weight is 561 g/mol. The molecule has 1 atom stereocenters. The lowest BCUT2D eigenvalue weighted by Gasteiger charge is -2.19. The molecule has 1 aromatic heterocycles. The van der Waals surface area contributed by atoms with E-state index in [2.05, 4.69) is 42.6 Å². The van der Waals surface area contributed by atoms with Crippen LogP contribution in [0.4, 0.5) is 8.78 Å². The molecule has 2 N–H and O–H groups in total. The molecule has 0 fully saturated rings. The number of fused-ring (bicyclic) bond motifs is 2. The molecule has 0 radical (unpaired) electrons. The van der Waals surface area contributed by atoms with Crippen molar-refractivity contribution in [2.24, 2.45) is 0 Å². The standard InChI is InChI=1S/C35H26F2N2O3/c1-21(25-11-10-23-4-2-3-5-26(23)14-25)39-13-12-27-15-28(29-16-30(36)19-31(37)17-29)18-32(33(27)39)34(40)38-20-22-6-8-24(9-7-22)35(41)42/h2-19,21H,20H2,1H3,(H,38,40)(H,41,42)/t21-/m1/s1. The molecule has 42 heavy (non-hydrogen) atoms. The molecule has 0 bridgehead atoms. The summed E-state index contributed by atoms with van der Waals surface area (Å²) in [6.45, 7) is 2.23. The van der Waals surface area contributed by atoms with Crippen molar-refractivity contribution in [3.8, 4) is 11.1 Å². The Hall–Kier alpha value is -5.30. The van der Waals surface area contributed by atoms with Crippen molar-refractivity contribution in [1.82, 2.24) is 9.88 Å². The molecule has 0 aliphatic carbocycles. The number of aromatic nitrogens is 1. The van der Waals surface area contributed by atoms with Gasteiger partial charge in [0.15, 0.2) is 0 Å². The van der Waals surface area contributed by atoms with E-state index in [1.807, 2.05) is 35.0 Å². The largest absolute Gasteiger partial charge is 0.478 e. The Morgan fingerprint density at radius 1 is 0.786 bits per heavy atom. The normalized spacial score (nSPS) is 12.0. The number of carbonyl (C=O) groups is 2. The number of benzene rings is 5. The van der Waals surface area contributed by atoms with Crippen LogP contribution in [0, 0.1) is 11.6 Å². The smallest absolute Gasteiger partial charge is 0.335 e. The second-order valence-electron chi connectivity index (χ2n) is 10.3. The van der Waals surface area contributed by atoms with Gasteiger partial charge < -0.3 is 15.0 Å². The molecule has 1 heterocycles. The van der Waals surface area contributed by atoms with E-state index in [9.17, 15) is 18.4 Å². The molecule has 5 nitrogen and oxygen atoms in total. The van der Waals surface area contributed by atoms with Crippen molar-refractivity contribution in [1.29, 1.82) is 0 Å². The first-order chi connectivity index (χ1) is 20.3. The molecule has 0 saturated carbocycles. The number of nitrogens with one attached hydrogen (secondary N) is 1. The summed E-state index contributed by atoms with van der Waals surface area (Å²) in [7, 11) is 0. The molecule has 0 saturated heterocycles. The fourth-order valence-corrected chi connectivity index (χ4v) is 5.36. The molecule has 7 heteroatoms. The maximum absolute atomic E-state index is 14.1. The lowest BCUT2D eigenvalue weighted by atomic mass is 9.98. The third-order valence-electron chi connectivity index (χ3n) is 7.58. The van der Waals surface area contributed by atoms with Gasteiger partial charge in [-0.3, -0.25) is 4.79 Å². The van der Waals surface area contributed by atoms with Gasteiger partial charge in [-0.1, -0.05) is 48.5 Å². The summed E-state index contributed by atoms with van der Waals surface area (Å²) in [5.74, 6) is -2.81. The highest BCUT2D eigenvalue weighted by molar-refractivity contribution is 6.08. The van der Waals surface area contributed by atoms with Crippen LogP contribution in [-0.2, 0) is 6.54 Å². The summed E-state index contributed by atoms with van der Waals surface area (Å²) >= 11 is 0. The lowest BCUT2D eigenvalue weighted by molar-refractivity contribution is 0.0696. The van der Waals surface area contributed by atoms with Crippen LogP contribution in [0.1, 0.15) is 44.8 Å². The van der Waals surface area contributed by atoms with Crippen LogP contribution in [-0.4, -0.2) is 21.6 Å². The number of nitrogens with zero attached hydrogens (tertiary/aromatic N) is 1.